The molecule has 0 amide bonds. The van der Waals surface area contributed by atoms with Crippen molar-refractivity contribution in [3.05, 3.63) is 65.5 Å². The molecule has 1 aliphatic heterocycles. The molecule has 0 unspecified atom stereocenters. The summed E-state index contributed by atoms with van der Waals surface area (Å²) in [6.45, 7) is 9.11. The van der Waals surface area contributed by atoms with Crippen molar-refractivity contribution in [3.63, 3.8) is 0 Å². The number of hydrogen-bond donors (Lipinski definition) is 1. The van der Waals surface area contributed by atoms with Gasteiger partial charge in [0, 0.05) is 18.1 Å². The highest BCUT2D eigenvalue weighted by atomic mass is 15.2. The molecule has 0 bridgehead atoms. The van der Waals surface area contributed by atoms with Crippen LogP contribution in [0.15, 0.2) is 48.5 Å². The molecule has 2 aromatic rings. The van der Waals surface area contributed by atoms with Gasteiger partial charge < -0.3 is 5.32 Å². The van der Waals surface area contributed by atoms with E-state index in [-0.39, 0.29) is 6.04 Å². The van der Waals surface area contributed by atoms with Gasteiger partial charge in [0.05, 0.1) is 11.4 Å². The van der Waals surface area contributed by atoms with Gasteiger partial charge in [0.2, 0.25) is 0 Å². The Balaban J connectivity index is 1.67. The number of piperidine rings is 1. The molecule has 134 valence electrons. The van der Waals surface area contributed by atoms with Crippen LogP contribution in [0.5, 0.6) is 0 Å². The zero-order valence-corrected chi connectivity index (χ0v) is 15.8. The van der Waals surface area contributed by atoms with Gasteiger partial charge in [0.1, 0.15) is 0 Å². The largest absolute Gasteiger partial charge is 0.302 e. The summed E-state index contributed by atoms with van der Waals surface area (Å²) in [5.41, 5.74) is 3.64. The summed E-state index contributed by atoms with van der Waals surface area (Å²) in [5, 5.41) is 3.68. The van der Waals surface area contributed by atoms with E-state index in [9.17, 15) is 0 Å². The molecule has 0 spiro atoms. The van der Waals surface area contributed by atoms with E-state index < -0.39 is 0 Å². The minimum Gasteiger partial charge on any atom is -0.302 e. The normalized spacial score (nSPS) is 19.3. The van der Waals surface area contributed by atoms with Crippen molar-refractivity contribution < 1.29 is 0 Å². The molecule has 3 atom stereocenters. The molecule has 1 aromatic heterocycles. The lowest BCUT2D eigenvalue weighted by atomic mass is 10.0. The smallest absolute Gasteiger partial charge is 0.0576 e. The highest BCUT2D eigenvalue weighted by Gasteiger charge is 2.20. The molecular weight excluding hydrogens is 306 g/mol. The predicted molar refractivity (Wildman–Crippen MR) is 104 cm³/mol. The lowest BCUT2D eigenvalue weighted by Gasteiger charge is -2.32. The monoisotopic (exact) mass is 337 g/mol. The molecule has 1 aromatic carbocycles. The summed E-state index contributed by atoms with van der Waals surface area (Å²) >= 11 is 0. The molecule has 3 nitrogen and oxygen atoms in total. The van der Waals surface area contributed by atoms with Gasteiger partial charge in [-0.25, -0.2) is 0 Å². The number of nitrogens with zero attached hydrogens (tertiary/aromatic N) is 2. The van der Waals surface area contributed by atoms with Crippen LogP contribution >= 0.6 is 0 Å². The van der Waals surface area contributed by atoms with Crippen molar-refractivity contribution in [1.82, 2.24) is 15.2 Å². The molecule has 1 fully saturated rings. The third-order valence-electron chi connectivity index (χ3n) is 5.40. The SMILES string of the molecule is C[C@H](N[C@H](C)c1cccc([C@H](C)N2CCCCC2)n1)c1ccccc1. The van der Waals surface area contributed by atoms with Crippen molar-refractivity contribution in [2.45, 2.75) is 58.2 Å². The summed E-state index contributed by atoms with van der Waals surface area (Å²) < 4.78 is 0. The first kappa shape index (κ1) is 18.1. The number of aromatic nitrogens is 1. The Kier molecular flexibility index (Phi) is 6.22. The molecule has 3 rings (SSSR count). The molecule has 25 heavy (non-hydrogen) atoms. The molecule has 3 heteroatoms. The molecule has 1 N–H and O–H groups in total. The third kappa shape index (κ3) is 4.68. The highest BCUT2D eigenvalue weighted by molar-refractivity contribution is 5.20. The lowest BCUT2D eigenvalue weighted by Crippen LogP contribution is -2.33. The minimum atomic E-state index is 0.226. The van der Waals surface area contributed by atoms with Crippen LogP contribution in [0, 0.1) is 0 Å². The van der Waals surface area contributed by atoms with E-state index in [1.807, 2.05) is 0 Å². The van der Waals surface area contributed by atoms with Crippen LogP contribution in [0.4, 0.5) is 0 Å². The van der Waals surface area contributed by atoms with Gasteiger partial charge in [-0.3, -0.25) is 9.88 Å². The Hall–Kier alpha value is -1.71. The van der Waals surface area contributed by atoms with E-state index in [1.165, 1.54) is 43.6 Å². The molecule has 0 aliphatic carbocycles. The van der Waals surface area contributed by atoms with E-state index in [0.29, 0.717) is 12.1 Å². The van der Waals surface area contributed by atoms with Crippen molar-refractivity contribution in [2.75, 3.05) is 13.1 Å². The molecular formula is C22H31N3. The maximum Gasteiger partial charge on any atom is 0.0576 e. The van der Waals surface area contributed by atoms with E-state index in [0.717, 1.165) is 5.69 Å². The van der Waals surface area contributed by atoms with Crippen molar-refractivity contribution >= 4 is 0 Å². The van der Waals surface area contributed by atoms with Gasteiger partial charge in [0.25, 0.3) is 0 Å². The first-order chi connectivity index (χ1) is 12.1. The van der Waals surface area contributed by atoms with Crippen LogP contribution in [0.3, 0.4) is 0 Å². The number of rotatable bonds is 6. The maximum absolute atomic E-state index is 4.99. The van der Waals surface area contributed by atoms with Crippen molar-refractivity contribution in [3.8, 4) is 0 Å². The maximum atomic E-state index is 4.99. The first-order valence-electron chi connectivity index (χ1n) is 9.67. The fourth-order valence-corrected chi connectivity index (χ4v) is 3.73. The molecule has 1 saturated heterocycles. The summed E-state index contributed by atoms with van der Waals surface area (Å²) in [7, 11) is 0. The van der Waals surface area contributed by atoms with E-state index >= 15 is 0 Å². The number of pyridine rings is 1. The van der Waals surface area contributed by atoms with E-state index in [2.05, 4.69) is 79.5 Å². The van der Waals surface area contributed by atoms with Crippen molar-refractivity contribution in [2.24, 2.45) is 0 Å². The van der Waals surface area contributed by atoms with Crippen molar-refractivity contribution in [1.29, 1.82) is 0 Å². The van der Waals surface area contributed by atoms with Crippen LogP contribution in [-0.4, -0.2) is 23.0 Å². The second-order valence-electron chi connectivity index (χ2n) is 7.28. The molecule has 0 saturated carbocycles. The van der Waals surface area contributed by atoms with Gasteiger partial charge in [-0.05, 0) is 64.4 Å². The zero-order valence-electron chi connectivity index (χ0n) is 15.8. The Morgan fingerprint density at radius 3 is 2.20 bits per heavy atom. The topological polar surface area (TPSA) is 28.2 Å². The van der Waals surface area contributed by atoms with Crippen LogP contribution in [0.2, 0.25) is 0 Å². The Morgan fingerprint density at radius 2 is 1.48 bits per heavy atom. The predicted octanol–water partition coefficient (Wildman–Crippen LogP) is 5.04. The van der Waals surface area contributed by atoms with Crippen LogP contribution in [0.1, 0.15) is 75.1 Å². The van der Waals surface area contributed by atoms with Crippen LogP contribution < -0.4 is 5.32 Å². The zero-order chi connectivity index (χ0) is 17.6. The van der Waals surface area contributed by atoms with Gasteiger partial charge in [0.15, 0.2) is 0 Å². The molecule has 2 heterocycles. The number of likely N-dealkylation sites (tertiary alicyclic amines) is 1. The summed E-state index contributed by atoms with van der Waals surface area (Å²) in [6, 6.07) is 18.0. The number of hydrogen-bond acceptors (Lipinski definition) is 3. The number of benzene rings is 1. The Labute approximate surface area is 152 Å². The van der Waals surface area contributed by atoms with Crippen LogP contribution in [-0.2, 0) is 0 Å². The lowest BCUT2D eigenvalue weighted by molar-refractivity contribution is 0.171. The van der Waals surface area contributed by atoms with Crippen LogP contribution in [0.25, 0.3) is 0 Å². The second kappa shape index (κ2) is 8.59. The Bertz CT molecular complexity index is 649. The summed E-state index contributed by atoms with van der Waals surface area (Å²) in [5.74, 6) is 0. The molecule has 0 radical (unpaired) electrons. The fourth-order valence-electron chi connectivity index (χ4n) is 3.73. The standard InChI is InChI=1S/C22H31N3/c1-17(20-11-6-4-7-12-20)23-18(2)21-13-10-14-22(24-21)19(3)25-15-8-5-9-16-25/h4,6-7,10-14,17-19,23H,5,8-9,15-16H2,1-3H3/t17-,18+,19-/m0/s1. The first-order valence-corrected chi connectivity index (χ1v) is 9.67. The third-order valence-corrected chi connectivity index (χ3v) is 5.40. The fraction of sp³-hybridized carbons (Fsp3) is 0.500. The number of nitrogens with one attached hydrogen (secondary N) is 1. The summed E-state index contributed by atoms with van der Waals surface area (Å²) in [4.78, 5) is 7.56. The van der Waals surface area contributed by atoms with Gasteiger partial charge in [-0.1, -0.05) is 42.8 Å². The average Bonchev–Trinajstić information content (AvgIpc) is 2.68. The highest BCUT2D eigenvalue weighted by Crippen LogP contribution is 2.24. The minimum absolute atomic E-state index is 0.226. The quantitative estimate of drug-likeness (QED) is 0.800. The van der Waals surface area contributed by atoms with Gasteiger partial charge in [-0.15, -0.1) is 0 Å². The van der Waals surface area contributed by atoms with E-state index in [4.69, 9.17) is 4.98 Å². The second-order valence-corrected chi connectivity index (χ2v) is 7.28. The average molecular weight is 338 g/mol. The summed E-state index contributed by atoms with van der Waals surface area (Å²) in [6.07, 6.45) is 4.00. The van der Waals surface area contributed by atoms with Gasteiger partial charge >= 0.3 is 0 Å². The van der Waals surface area contributed by atoms with Gasteiger partial charge in [-0.2, -0.15) is 0 Å². The van der Waals surface area contributed by atoms with E-state index in [1.54, 1.807) is 0 Å². The Morgan fingerprint density at radius 1 is 0.800 bits per heavy atom. The molecule has 1 aliphatic rings.